The van der Waals surface area contributed by atoms with Crippen LogP contribution < -0.4 is 0 Å². The Morgan fingerprint density at radius 2 is 1.73 bits per heavy atom. The summed E-state index contributed by atoms with van der Waals surface area (Å²) in [6, 6.07) is 0. The second kappa shape index (κ2) is 5.46. The van der Waals surface area contributed by atoms with Crippen molar-refractivity contribution in [2.45, 2.75) is 90.8 Å². The maximum Gasteiger partial charge on any atom is 0.192 e. The standard InChI is InChI=1S/C19H36OSi2/c1-18(2,3)22(8,9)20-17-13-12-15-16(21(5,6)7)11-10-14-19(15,17)4/h10,14,17H,11-13H2,1-9H3/t17-,19-/m0/s1. The number of fused-ring (bicyclic) bond motifs is 1. The number of hydrogen-bond donors (Lipinski definition) is 0. The Labute approximate surface area is 140 Å². The molecule has 0 N–H and O–H groups in total. The third-order valence-corrected chi connectivity index (χ3v) is 13.1. The molecule has 0 aliphatic heterocycles. The van der Waals surface area contributed by atoms with Crippen molar-refractivity contribution < 1.29 is 4.43 Å². The first kappa shape index (κ1) is 18.2. The van der Waals surface area contributed by atoms with Crippen LogP contribution in [0.3, 0.4) is 0 Å². The first-order valence-electron chi connectivity index (χ1n) is 8.87. The molecular formula is C19H36OSi2. The van der Waals surface area contributed by atoms with Gasteiger partial charge in [0.05, 0.1) is 14.2 Å². The van der Waals surface area contributed by atoms with E-state index >= 15 is 0 Å². The molecule has 2 atom stereocenters. The van der Waals surface area contributed by atoms with Gasteiger partial charge in [0.1, 0.15) is 0 Å². The van der Waals surface area contributed by atoms with Crippen LogP contribution in [0.5, 0.6) is 0 Å². The molecule has 0 bridgehead atoms. The number of rotatable bonds is 3. The van der Waals surface area contributed by atoms with Crippen molar-refractivity contribution in [1.82, 2.24) is 0 Å². The lowest BCUT2D eigenvalue weighted by Crippen LogP contribution is -2.47. The van der Waals surface area contributed by atoms with E-state index in [4.69, 9.17) is 4.43 Å². The van der Waals surface area contributed by atoms with Crippen molar-refractivity contribution >= 4 is 16.4 Å². The first-order chi connectivity index (χ1) is 9.79. The number of hydrogen-bond acceptors (Lipinski definition) is 1. The zero-order valence-corrected chi connectivity index (χ0v) is 18.3. The van der Waals surface area contributed by atoms with Gasteiger partial charge in [-0.1, -0.05) is 63.3 Å². The Balaban J connectivity index is 2.35. The van der Waals surface area contributed by atoms with Crippen LogP contribution in [-0.4, -0.2) is 22.5 Å². The topological polar surface area (TPSA) is 9.23 Å². The highest BCUT2D eigenvalue weighted by atomic mass is 28.4. The summed E-state index contributed by atoms with van der Waals surface area (Å²) in [6.07, 6.45) is 8.91. The van der Waals surface area contributed by atoms with Gasteiger partial charge in [-0.3, -0.25) is 0 Å². The van der Waals surface area contributed by atoms with Crippen LogP contribution in [0.25, 0.3) is 0 Å². The van der Waals surface area contributed by atoms with Gasteiger partial charge in [-0.25, -0.2) is 0 Å². The van der Waals surface area contributed by atoms with Crippen LogP contribution in [0.2, 0.25) is 37.8 Å². The van der Waals surface area contributed by atoms with Gasteiger partial charge in [-0.2, -0.15) is 0 Å². The fourth-order valence-electron chi connectivity index (χ4n) is 3.74. The summed E-state index contributed by atoms with van der Waals surface area (Å²) in [7, 11) is -2.94. The number of allylic oxidation sites excluding steroid dienone is 2. The molecule has 0 amide bonds. The van der Waals surface area contributed by atoms with E-state index in [-0.39, 0.29) is 10.5 Å². The third-order valence-electron chi connectivity index (χ3n) is 6.27. The maximum absolute atomic E-state index is 6.87. The predicted molar refractivity (Wildman–Crippen MR) is 104 cm³/mol. The lowest BCUT2D eigenvalue weighted by Gasteiger charge is -2.44. The fourth-order valence-corrected chi connectivity index (χ4v) is 7.20. The highest BCUT2D eigenvalue weighted by Crippen LogP contribution is 2.53. The van der Waals surface area contributed by atoms with Crippen molar-refractivity contribution in [1.29, 1.82) is 0 Å². The Hall–Kier alpha value is -0.126. The molecular weight excluding hydrogens is 300 g/mol. The van der Waals surface area contributed by atoms with E-state index in [1.165, 1.54) is 19.3 Å². The predicted octanol–water partition coefficient (Wildman–Crippen LogP) is 6.31. The highest BCUT2D eigenvalue weighted by Gasteiger charge is 2.49. The average Bonchev–Trinajstić information content (AvgIpc) is 2.63. The zero-order valence-electron chi connectivity index (χ0n) is 16.3. The lowest BCUT2D eigenvalue weighted by atomic mass is 9.79. The Morgan fingerprint density at radius 1 is 1.14 bits per heavy atom. The van der Waals surface area contributed by atoms with Gasteiger partial charge in [-0.15, -0.1) is 0 Å². The van der Waals surface area contributed by atoms with E-state index < -0.39 is 16.4 Å². The van der Waals surface area contributed by atoms with Crippen LogP contribution in [0.1, 0.15) is 47.0 Å². The summed E-state index contributed by atoms with van der Waals surface area (Å²) < 4.78 is 6.87. The minimum Gasteiger partial charge on any atom is -0.413 e. The van der Waals surface area contributed by atoms with Crippen molar-refractivity contribution in [3.05, 3.63) is 22.9 Å². The highest BCUT2D eigenvalue weighted by molar-refractivity contribution is 6.83. The molecule has 0 aromatic heterocycles. The van der Waals surface area contributed by atoms with Crippen LogP contribution in [0.15, 0.2) is 22.9 Å². The molecule has 0 unspecified atom stereocenters. The largest absolute Gasteiger partial charge is 0.413 e. The van der Waals surface area contributed by atoms with Crippen LogP contribution in [-0.2, 0) is 4.43 Å². The van der Waals surface area contributed by atoms with Crippen LogP contribution in [0.4, 0.5) is 0 Å². The molecule has 2 aliphatic carbocycles. The molecule has 0 saturated heterocycles. The zero-order chi connectivity index (χ0) is 17.0. The van der Waals surface area contributed by atoms with Crippen molar-refractivity contribution in [3.8, 4) is 0 Å². The molecule has 2 aliphatic rings. The maximum atomic E-state index is 6.87. The van der Waals surface area contributed by atoms with Crippen molar-refractivity contribution in [2.75, 3.05) is 0 Å². The van der Waals surface area contributed by atoms with E-state index in [1.54, 1.807) is 10.8 Å². The SMILES string of the molecule is CC(C)(C)[Si](C)(C)O[C@H]1CCC2=C([Si](C)(C)C)CC=C[C@@]21C. The minimum absolute atomic E-state index is 0.156. The van der Waals surface area contributed by atoms with Crippen molar-refractivity contribution in [3.63, 3.8) is 0 Å². The first-order valence-corrected chi connectivity index (χ1v) is 15.3. The van der Waals surface area contributed by atoms with E-state index in [1.807, 2.05) is 0 Å². The van der Waals surface area contributed by atoms with Gasteiger partial charge in [0.15, 0.2) is 8.32 Å². The second-order valence-corrected chi connectivity index (χ2v) is 19.9. The van der Waals surface area contributed by atoms with E-state index in [0.717, 1.165) is 0 Å². The lowest BCUT2D eigenvalue weighted by molar-refractivity contribution is 0.120. The second-order valence-electron chi connectivity index (χ2n) is 10.0. The summed E-state index contributed by atoms with van der Waals surface area (Å²) in [6.45, 7) is 21.7. The van der Waals surface area contributed by atoms with E-state index in [2.05, 4.69) is 72.6 Å². The quantitative estimate of drug-likeness (QED) is 0.433. The van der Waals surface area contributed by atoms with E-state index in [9.17, 15) is 0 Å². The molecule has 126 valence electrons. The van der Waals surface area contributed by atoms with Gasteiger partial charge in [-0.05, 0) is 44.3 Å². The normalized spacial score (nSPS) is 30.0. The molecule has 22 heavy (non-hydrogen) atoms. The molecule has 0 aromatic rings. The average molecular weight is 337 g/mol. The summed E-state index contributed by atoms with van der Waals surface area (Å²) in [5, 5.41) is 2.08. The molecule has 1 saturated carbocycles. The molecule has 0 heterocycles. The Kier molecular flexibility index (Phi) is 4.52. The van der Waals surface area contributed by atoms with E-state index in [0.29, 0.717) is 6.10 Å². The molecule has 0 radical (unpaired) electrons. The minimum atomic E-state index is -1.71. The van der Waals surface area contributed by atoms with Crippen LogP contribution in [0, 0.1) is 5.41 Å². The van der Waals surface area contributed by atoms with Crippen molar-refractivity contribution in [2.24, 2.45) is 5.41 Å². The Morgan fingerprint density at radius 3 is 2.23 bits per heavy atom. The van der Waals surface area contributed by atoms with Gasteiger partial charge >= 0.3 is 0 Å². The smallest absolute Gasteiger partial charge is 0.192 e. The van der Waals surface area contributed by atoms with Gasteiger partial charge < -0.3 is 4.43 Å². The molecule has 0 spiro atoms. The molecule has 1 nitrogen and oxygen atoms in total. The third kappa shape index (κ3) is 3.09. The molecule has 2 rings (SSSR count). The van der Waals surface area contributed by atoms with Gasteiger partial charge in [0.2, 0.25) is 0 Å². The fraction of sp³-hybridized carbons (Fsp3) is 0.789. The van der Waals surface area contributed by atoms with Gasteiger partial charge in [0.25, 0.3) is 0 Å². The summed E-state index contributed by atoms with van der Waals surface area (Å²) in [5.74, 6) is 0. The molecule has 3 heteroatoms. The summed E-state index contributed by atoms with van der Waals surface area (Å²) >= 11 is 0. The van der Waals surface area contributed by atoms with Crippen LogP contribution >= 0.6 is 0 Å². The van der Waals surface area contributed by atoms with Gasteiger partial charge in [0, 0.05) is 5.41 Å². The molecule has 0 aromatic carbocycles. The monoisotopic (exact) mass is 336 g/mol. The summed E-state index contributed by atoms with van der Waals surface area (Å²) in [4.78, 5) is 0. The molecule has 1 fully saturated rings. The Bertz CT molecular complexity index is 503. The summed E-state index contributed by atoms with van der Waals surface area (Å²) in [5.41, 5.74) is 1.89.